The van der Waals surface area contributed by atoms with Crippen molar-refractivity contribution >= 4 is 40.6 Å². The van der Waals surface area contributed by atoms with Crippen LogP contribution in [0, 0.1) is 5.82 Å². The van der Waals surface area contributed by atoms with Crippen molar-refractivity contribution in [3.63, 3.8) is 0 Å². The molecule has 2 rings (SSSR count). The third kappa shape index (κ3) is 3.27. The van der Waals surface area contributed by atoms with E-state index in [-0.39, 0.29) is 27.8 Å². The molecule has 0 atom stereocenters. The highest BCUT2D eigenvalue weighted by Crippen LogP contribution is 2.25. The van der Waals surface area contributed by atoms with E-state index >= 15 is 0 Å². The predicted octanol–water partition coefficient (Wildman–Crippen LogP) is 5.21. The Morgan fingerprint density at radius 2 is 1.74 bits per heavy atom. The summed E-state index contributed by atoms with van der Waals surface area (Å²) >= 11 is 17.5. The van der Waals surface area contributed by atoms with Gasteiger partial charge in [-0.05, 0) is 30.3 Å². The molecule has 0 spiro atoms. The highest BCUT2D eigenvalue weighted by atomic mass is 35.5. The number of ketones is 1. The average molecular weight is 318 g/mol. The van der Waals surface area contributed by atoms with E-state index in [1.165, 1.54) is 24.3 Å². The van der Waals surface area contributed by atoms with Gasteiger partial charge in [0.1, 0.15) is 5.82 Å². The van der Waals surface area contributed by atoms with Gasteiger partial charge in [-0.15, -0.1) is 0 Å². The molecule has 0 N–H and O–H groups in total. The SMILES string of the molecule is O=C(Cc1c(F)cccc1Cl)c1ccc(Cl)c(Cl)c1. The van der Waals surface area contributed by atoms with E-state index in [2.05, 4.69) is 0 Å². The van der Waals surface area contributed by atoms with Crippen LogP contribution in [0.15, 0.2) is 36.4 Å². The molecule has 1 nitrogen and oxygen atoms in total. The van der Waals surface area contributed by atoms with E-state index in [1.54, 1.807) is 12.1 Å². The molecule has 0 aliphatic rings. The molecule has 0 radical (unpaired) electrons. The Morgan fingerprint density at radius 3 is 2.37 bits per heavy atom. The summed E-state index contributed by atoms with van der Waals surface area (Å²) < 4.78 is 13.6. The predicted molar refractivity (Wildman–Crippen MR) is 75.9 cm³/mol. The van der Waals surface area contributed by atoms with Crippen LogP contribution in [0.3, 0.4) is 0 Å². The van der Waals surface area contributed by atoms with Crippen LogP contribution in [0.4, 0.5) is 4.39 Å². The molecule has 5 heteroatoms. The lowest BCUT2D eigenvalue weighted by Crippen LogP contribution is -2.06. The molecule has 98 valence electrons. The van der Waals surface area contributed by atoms with Crippen LogP contribution in [-0.4, -0.2) is 5.78 Å². The topological polar surface area (TPSA) is 17.1 Å². The van der Waals surface area contributed by atoms with Crippen LogP contribution in [-0.2, 0) is 6.42 Å². The lowest BCUT2D eigenvalue weighted by molar-refractivity contribution is 0.0992. The second-order valence-corrected chi connectivity index (χ2v) is 5.15. The van der Waals surface area contributed by atoms with E-state index in [9.17, 15) is 9.18 Å². The summed E-state index contributed by atoms with van der Waals surface area (Å²) in [5.41, 5.74) is 0.550. The van der Waals surface area contributed by atoms with Crippen LogP contribution in [0.2, 0.25) is 15.1 Å². The van der Waals surface area contributed by atoms with Crippen molar-refractivity contribution < 1.29 is 9.18 Å². The minimum Gasteiger partial charge on any atom is -0.294 e. The Hall–Kier alpha value is -1.09. The summed E-state index contributed by atoms with van der Waals surface area (Å²) in [5, 5.41) is 0.877. The van der Waals surface area contributed by atoms with Crippen LogP contribution >= 0.6 is 34.8 Å². The monoisotopic (exact) mass is 316 g/mol. The van der Waals surface area contributed by atoms with E-state index in [1.807, 2.05) is 0 Å². The third-order valence-electron chi connectivity index (χ3n) is 2.64. The molecule has 0 aliphatic carbocycles. The lowest BCUT2D eigenvalue weighted by Gasteiger charge is -2.06. The Bertz CT molecular complexity index is 620. The molecule has 0 unspecified atom stereocenters. The Kier molecular flexibility index (Phi) is 4.46. The molecule has 19 heavy (non-hydrogen) atoms. The maximum Gasteiger partial charge on any atom is 0.167 e. The first kappa shape index (κ1) is 14.3. The van der Waals surface area contributed by atoms with Crippen molar-refractivity contribution in [2.45, 2.75) is 6.42 Å². The van der Waals surface area contributed by atoms with E-state index in [0.717, 1.165) is 0 Å². The van der Waals surface area contributed by atoms with Crippen LogP contribution in [0.1, 0.15) is 15.9 Å². The molecular weight excluding hydrogens is 310 g/mol. The largest absolute Gasteiger partial charge is 0.294 e. The zero-order chi connectivity index (χ0) is 14.0. The highest BCUT2D eigenvalue weighted by molar-refractivity contribution is 6.42. The molecule has 0 bridgehead atoms. The molecule has 0 fully saturated rings. The fourth-order valence-corrected chi connectivity index (χ4v) is 2.16. The number of halogens is 4. The Morgan fingerprint density at radius 1 is 1.00 bits per heavy atom. The first-order valence-electron chi connectivity index (χ1n) is 5.40. The van der Waals surface area contributed by atoms with Gasteiger partial charge in [-0.2, -0.15) is 0 Å². The number of hydrogen-bond donors (Lipinski definition) is 0. The van der Waals surface area contributed by atoms with Crippen molar-refractivity contribution in [2.24, 2.45) is 0 Å². The number of carbonyl (C=O) groups excluding carboxylic acids is 1. The average Bonchev–Trinajstić information content (AvgIpc) is 2.37. The van der Waals surface area contributed by atoms with Crippen molar-refractivity contribution in [1.82, 2.24) is 0 Å². The van der Waals surface area contributed by atoms with Crippen molar-refractivity contribution in [3.05, 3.63) is 68.4 Å². The van der Waals surface area contributed by atoms with Gasteiger partial charge in [0.25, 0.3) is 0 Å². The molecule has 0 saturated carbocycles. The molecular formula is C14H8Cl3FO. The number of carbonyl (C=O) groups is 1. The van der Waals surface area contributed by atoms with Gasteiger partial charge >= 0.3 is 0 Å². The van der Waals surface area contributed by atoms with Gasteiger partial charge < -0.3 is 0 Å². The summed E-state index contributed by atoms with van der Waals surface area (Å²) in [5.74, 6) is -0.772. The molecule has 0 amide bonds. The van der Waals surface area contributed by atoms with Crippen LogP contribution in [0.5, 0.6) is 0 Å². The standard InChI is InChI=1S/C14H8Cl3FO/c15-10-2-1-3-13(18)9(10)7-14(19)8-4-5-11(16)12(17)6-8/h1-6H,7H2. The molecule has 0 aliphatic heterocycles. The summed E-state index contributed by atoms with van der Waals surface area (Å²) in [7, 11) is 0. The van der Waals surface area contributed by atoms with Crippen LogP contribution in [0.25, 0.3) is 0 Å². The maximum absolute atomic E-state index is 13.6. The van der Waals surface area contributed by atoms with E-state index in [4.69, 9.17) is 34.8 Å². The quantitative estimate of drug-likeness (QED) is 0.710. The summed E-state index contributed by atoms with van der Waals surface area (Å²) in [6.07, 6.45) is -0.122. The molecule has 2 aromatic rings. The Labute approximate surface area is 124 Å². The minimum atomic E-state index is -0.499. The fraction of sp³-hybridized carbons (Fsp3) is 0.0714. The van der Waals surface area contributed by atoms with Crippen molar-refractivity contribution in [1.29, 1.82) is 0 Å². The number of rotatable bonds is 3. The molecule has 0 saturated heterocycles. The fourth-order valence-electron chi connectivity index (χ4n) is 1.63. The number of Topliss-reactive ketones (excluding diaryl/α,β-unsaturated/α-hetero) is 1. The normalized spacial score (nSPS) is 10.5. The van der Waals surface area contributed by atoms with E-state index < -0.39 is 5.82 Å². The first-order valence-corrected chi connectivity index (χ1v) is 6.53. The maximum atomic E-state index is 13.6. The van der Waals surface area contributed by atoms with E-state index in [0.29, 0.717) is 10.6 Å². The van der Waals surface area contributed by atoms with Gasteiger partial charge in [0.15, 0.2) is 5.78 Å². The third-order valence-corrected chi connectivity index (χ3v) is 3.73. The Balaban J connectivity index is 2.28. The van der Waals surface area contributed by atoms with Gasteiger partial charge in [0, 0.05) is 22.6 Å². The summed E-state index contributed by atoms with van der Waals surface area (Å²) in [6.45, 7) is 0. The van der Waals surface area contributed by atoms with Gasteiger partial charge in [-0.3, -0.25) is 4.79 Å². The van der Waals surface area contributed by atoms with Crippen LogP contribution < -0.4 is 0 Å². The number of benzene rings is 2. The second-order valence-electron chi connectivity index (χ2n) is 3.93. The summed E-state index contributed by atoms with van der Waals surface area (Å²) in [6, 6.07) is 8.84. The highest BCUT2D eigenvalue weighted by Gasteiger charge is 2.14. The lowest BCUT2D eigenvalue weighted by atomic mass is 10.0. The first-order chi connectivity index (χ1) is 8.99. The minimum absolute atomic E-state index is 0.122. The van der Waals surface area contributed by atoms with Gasteiger partial charge in [0.2, 0.25) is 0 Å². The molecule has 2 aromatic carbocycles. The number of hydrogen-bond acceptors (Lipinski definition) is 1. The van der Waals surface area contributed by atoms with Crippen molar-refractivity contribution in [3.8, 4) is 0 Å². The second kappa shape index (κ2) is 5.91. The molecule has 0 aromatic heterocycles. The zero-order valence-electron chi connectivity index (χ0n) is 9.59. The zero-order valence-corrected chi connectivity index (χ0v) is 11.9. The van der Waals surface area contributed by atoms with Gasteiger partial charge in [-0.25, -0.2) is 4.39 Å². The van der Waals surface area contributed by atoms with Gasteiger partial charge in [-0.1, -0.05) is 40.9 Å². The summed E-state index contributed by atoms with van der Waals surface area (Å²) in [4.78, 5) is 12.1. The van der Waals surface area contributed by atoms with Gasteiger partial charge in [0.05, 0.1) is 10.0 Å². The molecule has 0 heterocycles. The smallest absolute Gasteiger partial charge is 0.167 e. The van der Waals surface area contributed by atoms with Crippen molar-refractivity contribution in [2.75, 3.05) is 0 Å².